The summed E-state index contributed by atoms with van der Waals surface area (Å²) < 4.78 is 14.4. The summed E-state index contributed by atoms with van der Waals surface area (Å²) in [6, 6.07) is 44.9. The zero-order valence-corrected chi connectivity index (χ0v) is 29.7. The van der Waals surface area contributed by atoms with Gasteiger partial charge in [0.05, 0.1) is 5.41 Å². The SMILES string of the molecule is C=Cc1sc2ccccc2c1C(=C)C(=C)/C=C\C(=C)Nc1ccc2c(c1)Oc1cc3c(cc1O2)-c1ccccc1C31c2ccccc2-c2ccccc21. The van der Waals surface area contributed by atoms with Crippen LogP contribution in [0, 0.1) is 0 Å². The van der Waals surface area contributed by atoms with Crippen LogP contribution < -0.4 is 14.8 Å². The summed E-state index contributed by atoms with van der Waals surface area (Å²) in [5, 5.41) is 4.57. The summed E-state index contributed by atoms with van der Waals surface area (Å²) in [5.41, 5.74) is 13.8. The fraction of sp³-hybridized carbons (Fsp3) is 0.0204. The lowest BCUT2D eigenvalue weighted by Gasteiger charge is -2.31. The van der Waals surface area contributed by atoms with Crippen LogP contribution in [0.15, 0.2) is 177 Å². The van der Waals surface area contributed by atoms with E-state index in [-0.39, 0.29) is 0 Å². The second-order valence-electron chi connectivity index (χ2n) is 13.6. The minimum atomic E-state index is -0.454. The number of benzene rings is 6. The van der Waals surface area contributed by atoms with Gasteiger partial charge < -0.3 is 14.8 Å². The monoisotopic (exact) mass is 699 g/mol. The maximum absolute atomic E-state index is 6.68. The van der Waals surface area contributed by atoms with Gasteiger partial charge in [-0.1, -0.05) is 129 Å². The molecular weight excluding hydrogens is 667 g/mol. The number of ether oxygens (including phenoxy) is 2. The highest BCUT2D eigenvalue weighted by Gasteiger charge is 2.52. The van der Waals surface area contributed by atoms with Gasteiger partial charge in [0, 0.05) is 38.0 Å². The van der Waals surface area contributed by atoms with Crippen molar-refractivity contribution in [3.05, 3.63) is 210 Å². The fourth-order valence-corrected chi connectivity index (χ4v) is 9.54. The maximum atomic E-state index is 6.68. The van der Waals surface area contributed by atoms with Crippen LogP contribution in [0.2, 0.25) is 0 Å². The minimum absolute atomic E-state index is 0.454. The third-order valence-corrected chi connectivity index (χ3v) is 11.9. The van der Waals surface area contributed by atoms with Gasteiger partial charge in [-0.15, -0.1) is 11.3 Å². The second kappa shape index (κ2) is 11.7. The Hall–Kier alpha value is -6.62. The van der Waals surface area contributed by atoms with Crippen molar-refractivity contribution in [3.8, 4) is 45.3 Å². The molecule has 2 heterocycles. The smallest absolute Gasteiger partial charge is 0.172 e. The quantitative estimate of drug-likeness (QED) is 0.168. The van der Waals surface area contributed by atoms with Crippen LogP contribution >= 0.6 is 11.3 Å². The predicted molar refractivity (Wildman–Crippen MR) is 221 cm³/mol. The summed E-state index contributed by atoms with van der Waals surface area (Å²) in [4.78, 5) is 1.09. The average Bonchev–Trinajstić information content (AvgIpc) is 3.82. The molecule has 0 saturated carbocycles. The molecule has 2 aliphatic carbocycles. The lowest BCUT2D eigenvalue weighted by Crippen LogP contribution is -2.25. The molecule has 10 rings (SSSR count). The van der Waals surface area contributed by atoms with E-state index in [1.807, 2.05) is 48.6 Å². The third kappa shape index (κ3) is 4.52. The van der Waals surface area contributed by atoms with Crippen LogP contribution in [0.25, 0.3) is 44.0 Å². The number of allylic oxidation sites excluding steroid dienone is 4. The number of nitrogens with one attached hydrogen (secondary N) is 1. The van der Waals surface area contributed by atoms with E-state index in [1.165, 1.54) is 43.6 Å². The molecule has 53 heavy (non-hydrogen) atoms. The van der Waals surface area contributed by atoms with Gasteiger partial charge in [-0.2, -0.15) is 0 Å². The Morgan fingerprint density at radius 3 is 1.87 bits per heavy atom. The van der Waals surface area contributed by atoms with Crippen molar-refractivity contribution in [3.63, 3.8) is 0 Å². The number of fused-ring (bicyclic) bond motifs is 13. The van der Waals surface area contributed by atoms with Crippen molar-refractivity contribution in [2.75, 3.05) is 5.32 Å². The van der Waals surface area contributed by atoms with Crippen LogP contribution in [-0.2, 0) is 5.41 Å². The van der Waals surface area contributed by atoms with Crippen molar-refractivity contribution >= 4 is 38.8 Å². The third-order valence-electron chi connectivity index (χ3n) is 10.7. The Balaban J connectivity index is 0.948. The number of rotatable bonds is 7. The lowest BCUT2D eigenvalue weighted by atomic mass is 9.70. The second-order valence-corrected chi connectivity index (χ2v) is 14.7. The molecule has 0 amide bonds. The molecule has 4 heteroatoms. The van der Waals surface area contributed by atoms with Gasteiger partial charge in [0.25, 0.3) is 0 Å². The molecule has 0 atom stereocenters. The van der Waals surface area contributed by atoms with Gasteiger partial charge in [-0.25, -0.2) is 0 Å². The lowest BCUT2D eigenvalue weighted by molar-refractivity contribution is 0.359. The molecule has 0 radical (unpaired) electrons. The minimum Gasteiger partial charge on any atom is -0.449 e. The Morgan fingerprint density at radius 2 is 1.17 bits per heavy atom. The van der Waals surface area contributed by atoms with Gasteiger partial charge in [-0.05, 0) is 92.1 Å². The van der Waals surface area contributed by atoms with E-state index in [0.717, 1.165) is 38.2 Å². The van der Waals surface area contributed by atoms with Crippen LogP contribution in [0.1, 0.15) is 32.7 Å². The first kappa shape index (κ1) is 31.1. The van der Waals surface area contributed by atoms with Crippen molar-refractivity contribution < 1.29 is 9.47 Å². The van der Waals surface area contributed by atoms with Crippen LogP contribution in [-0.4, -0.2) is 0 Å². The van der Waals surface area contributed by atoms with Gasteiger partial charge in [-0.3, -0.25) is 0 Å². The Bertz CT molecular complexity index is 2750. The molecule has 0 fully saturated rings. The largest absolute Gasteiger partial charge is 0.449 e. The highest BCUT2D eigenvalue weighted by molar-refractivity contribution is 7.20. The molecule has 1 aliphatic heterocycles. The summed E-state index contributed by atoms with van der Waals surface area (Å²) >= 11 is 1.71. The van der Waals surface area contributed by atoms with E-state index in [9.17, 15) is 0 Å². The van der Waals surface area contributed by atoms with Crippen molar-refractivity contribution in [2.45, 2.75) is 5.41 Å². The Labute approximate surface area is 312 Å². The van der Waals surface area contributed by atoms with E-state index in [2.05, 4.69) is 129 Å². The molecule has 1 spiro atoms. The first-order chi connectivity index (χ1) is 25.9. The summed E-state index contributed by atoms with van der Waals surface area (Å²) in [6.07, 6.45) is 5.75. The molecule has 0 unspecified atom stereocenters. The summed E-state index contributed by atoms with van der Waals surface area (Å²) in [5.74, 6) is 2.69. The molecule has 6 aromatic carbocycles. The summed E-state index contributed by atoms with van der Waals surface area (Å²) in [7, 11) is 0. The van der Waals surface area contributed by atoms with Crippen molar-refractivity contribution in [2.24, 2.45) is 0 Å². The highest BCUT2D eigenvalue weighted by atomic mass is 32.1. The zero-order chi connectivity index (χ0) is 35.8. The van der Waals surface area contributed by atoms with Gasteiger partial charge >= 0.3 is 0 Å². The molecule has 1 N–H and O–H groups in total. The molecule has 7 aromatic rings. The number of thiophene rings is 1. The maximum Gasteiger partial charge on any atom is 0.172 e. The topological polar surface area (TPSA) is 30.5 Å². The van der Waals surface area contributed by atoms with Crippen molar-refractivity contribution in [1.29, 1.82) is 0 Å². The Kier molecular flexibility index (Phi) is 6.88. The van der Waals surface area contributed by atoms with Crippen LogP contribution in [0.3, 0.4) is 0 Å². The van der Waals surface area contributed by atoms with Crippen molar-refractivity contribution in [1.82, 2.24) is 0 Å². The van der Waals surface area contributed by atoms with Gasteiger partial charge in [0.1, 0.15) is 0 Å². The number of hydrogen-bond acceptors (Lipinski definition) is 4. The molecule has 1 aromatic heterocycles. The molecule has 0 saturated heterocycles. The first-order valence-corrected chi connectivity index (χ1v) is 18.4. The molecular formula is C49H33NO2S. The van der Waals surface area contributed by atoms with E-state index in [0.29, 0.717) is 28.7 Å². The highest BCUT2D eigenvalue weighted by Crippen LogP contribution is 2.64. The predicted octanol–water partition coefficient (Wildman–Crippen LogP) is 13.5. The number of hydrogen-bond donors (Lipinski definition) is 1. The number of anilines is 1. The Morgan fingerprint density at radius 1 is 0.585 bits per heavy atom. The normalized spacial score (nSPS) is 13.6. The van der Waals surface area contributed by atoms with Gasteiger partial charge in [0.2, 0.25) is 0 Å². The fourth-order valence-electron chi connectivity index (χ4n) is 8.45. The zero-order valence-electron chi connectivity index (χ0n) is 28.9. The van der Waals surface area contributed by atoms with E-state index in [4.69, 9.17) is 9.47 Å². The first-order valence-electron chi connectivity index (χ1n) is 17.6. The van der Waals surface area contributed by atoms with E-state index in [1.54, 1.807) is 11.3 Å². The van der Waals surface area contributed by atoms with Crippen LogP contribution in [0.5, 0.6) is 23.0 Å². The standard InChI is InChI=1S/C49H33NO2S/c1-5-46-48(36-17-9-13-21-47(36)53-46)31(4)29(2)22-23-30(3)50-32-24-25-42-43(26-32)52-45-28-41-37(27-44(45)51-42)35-16-8-12-20-40(35)49(41)38-18-10-6-14-33(38)34-15-7-11-19-39(34)49/h5-28,50H,1-4H2/b23-22-. The van der Waals surface area contributed by atoms with E-state index < -0.39 is 5.41 Å². The van der Waals surface area contributed by atoms with Gasteiger partial charge in [0.15, 0.2) is 23.0 Å². The van der Waals surface area contributed by atoms with Crippen LogP contribution in [0.4, 0.5) is 5.69 Å². The molecule has 0 bridgehead atoms. The molecule has 3 aliphatic rings. The van der Waals surface area contributed by atoms with E-state index >= 15 is 0 Å². The average molecular weight is 700 g/mol. The molecule has 252 valence electrons. The summed E-state index contributed by atoms with van der Waals surface area (Å²) in [6.45, 7) is 17.0. The molecule has 3 nitrogen and oxygen atoms in total.